The highest BCUT2D eigenvalue weighted by atomic mass is 32.1. The molecule has 2 aliphatic rings. The summed E-state index contributed by atoms with van der Waals surface area (Å²) in [7, 11) is 0. The summed E-state index contributed by atoms with van der Waals surface area (Å²) >= 11 is 1.33. The lowest BCUT2D eigenvalue weighted by atomic mass is 10.2. The number of benzene rings is 1. The van der Waals surface area contributed by atoms with E-state index in [0.29, 0.717) is 35.4 Å². The van der Waals surface area contributed by atoms with Gasteiger partial charge in [-0.1, -0.05) is 0 Å². The molecule has 3 N–H and O–H groups in total. The summed E-state index contributed by atoms with van der Waals surface area (Å²) in [5.41, 5.74) is 6.39. The van der Waals surface area contributed by atoms with Crippen molar-refractivity contribution < 1.29 is 18.7 Å². The Morgan fingerprint density at radius 1 is 1.43 bits per heavy atom. The van der Waals surface area contributed by atoms with E-state index in [2.05, 4.69) is 15.4 Å². The Morgan fingerprint density at radius 2 is 2.27 bits per heavy atom. The van der Waals surface area contributed by atoms with Gasteiger partial charge in [-0.05, 0) is 18.2 Å². The fourth-order valence-electron chi connectivity index (χ4n) is 3.19. The van der Waals surface area contributed by atoms with E-state index in [-0.39, 0.29) is 19.0 Å². The highest BCUT2D eigenvalue weighted by Crippen LogP contribution is 2.29. The van der Waals surface area contributed by atoms with Gasteiger partial charge in [-0.3, -0.25) is 9.69 Å². The van der Waals surface area contributed by atoms with Crippen LogP contribution >= 0.6 is 11.3 Å². The number of nitrogens with two attached hydrogens (primary N) is 1. The third kappa shape index (κ3) is 4.13. The zero-order valence-electron chi connectivity index (χ0n) is 16.1. The number of ether oxygens (including phenoxy) is 1. The number of thiazole rings is 1. The smallest absolute Gasteiger partial charge is 0.414 e. The molecule has 1 atom stereocenters. The number of cyclic esters (lactones) is 1. The number of carbonyl (C=O) groups excluding carboxylic acids is 2. The minimum atomic E-state index is -0.574. The van der Waals surface area contributed by atoms with Crippen LogP contribution in [-0.2, 0) is 9.53 Å². The highest BCUT2D eigenvalue weighted by molar-refractivity contribution is 7.13. The van der Waals surface area contributed by atoms with Crippen molar-refractivity contribution >= 4 is 52.0 Å². The number of amides is 2. The summed E-state index contributed by atoms with van der Waals surface area (Å²) in [5, 5.41) is 10.9. The van der Waals surface area contributed by atoms with Gasteiger partial charge < -0.3 is 20.7 Å². The number of halogens is 1. The zero-order chi connectivity index (χ0) is 21.3. The van der Waals surface area contributed by atoms with E-state index in [4.69, 9.17) is 10.5 Å². The third-order valence-corrected chi connectivity index (χ3v) is 5.32. The van der Waals surface area contributed by atoms with Gasteiger partial charge in [0.05, 0.1) is 31.0 Å². The SMILES string of the molecule is CC(=O)NC[C@H]1CN(c2ccc(N3C=NN(c4csc(N)n4)CC3)c(F)c2)C(=O)O1. The van der Waals surface area contributed by atoms with Gasteiger partial charge >= 0.3 is 6.09 Å². The molecule has 4 rings (SSSR count). The van der Waals surface area contributed by atoms with Gasteiger partial charge in [0.1, 0.15) is 18.3 Å². The van der Waals surface area contributed by atoms with Gasteiger partial charge in [0.2, 0.25) is 5.91 Å². The van der Waals surface area contributed by atoms with Crippen molar-refractivity contribution in [2.75, 3.05) is 46.7 Å². The van der Waals surface area contributed by atoms with Gasteiger partial charge in [-0.2, -0.15) is 5.10 Å². The van der Waals surface area contributed by atoms with Crippen LogP contribution in [0.15, 0.2) is 28.7 Å². The lowest BCUT2D eigenvalue weighted by molar-refractivity contribution is -0.119. The molecule has 2 aromatic rings. The van der Waals surface area contributed by atoms with Crippen molar-refractivity contribution in [3.63, 3.8) is 0 Å². The first-order valence-electron chi connectivity index (χ1n) is 9.22. The molecule has 1 aromatic heterocycles. The third-order valence-electron chi connectivity index (χ3n) is 4.66. The molecule has 0 bridgehead atoms. The number of nitrogens with zero attached hydrogens (tertiary/aromatic N) is 5. The highest BCUT2D eigenvalue weighted by Gasteiger charge is 2.33. The van der Waals surface area contributed by atoms with E-state index in [1.165, 1.54) is 35.6 Å². The number of rotatable bonds is 5. The van der Waals surface area contributed by atoms with Crippen LogP contribution in [0, 0.1) is 5.82 Å². The lowest BCUT2D eigenvalue weighted by Gasteiger charge is -2.29. The van der Waals surface area contributed by atoms with Crippen LogP contribution < -0.4 is 25.9 Å². The minimum absolute atomic E-state index is 0.208. The standard InChI is InChI=1S/C18H20FN7O3S/c1-11(27)21-7-13-8-25(18(28)29-13)12-2-3-15(14(19)6-12)24-4-5-26(22-10-24)16-9-30-17(20)23-16/h2-3,6,9-10,13H,4-5,7-8H2,1H3,(H2,20,23)(H,21,27)/t13-/m0/s1. The van der Waals surface area contributed by atoms with Crippen LogP contribution in [0.2, 0.25) is 0 Å². The Kier molecular flexibility index (Phi) is 5.40. The fraction of sp³-hybridized carbons (Fsp3) is 0.333. The normalized spacial score (nSPS) is 18.7. The molecule has 0 spiro atoms. The van der Waals surface area contributed by atoms with E-state index < -0.39 is 18.0 Å². The molecule has 12 heteroatoms. The molecule has 1 aromatic carbocycles. The maximum Gasteiger partial charge on any atom is 0.414 e. The molecule has 3 heterocycles. The molecule has 0 unspecified atom stereocenters. The number of carbonyl (C=O) groups is 2. The van der Waals surface area contributed by atoms with Crippen LogP contribution in [0.5, 0.6) is 0 Å². The summed E-state index contributed by atoms with van der Waals surface area (Å²) in [6.45, 7) is 2.85. The Labute approximate surface area is 175 Å². The van der Waals surface area contributed by atoms with E-state index in [0.717, 1.165) is 0 Å². The Balaban J connectivity index is 1.44. The maximum atomic E-state index is 14.8. The molecule has 10 nitrogen and oxygen atoms in total. The van der Waals surface area contributed by atoms with Crippen molar-refractivity contribution in [3.05, 3.63) is 29.4 Å². The van der Waals surface area contributed by atoms with Crippen molar-refractivity contribution in [2.24, 2.45) is 5.10 Å². The second kappa shape index (κ2) is 8.14. The molecule has 0 radical (unpaired) electrons. The van der Waals surface area contributed by atoms with Crippen LogP contribution in [-0.4, -0.2) is 55.6 Å². The summed E-state index contributed by atoms with van der Waals surface area (Å²) in [5.74, 6) is -0.0334. The Morgan fingerprint density at radius 3 is 2.90 bits per heavy atom. The molecule has 0 saturated carbocycles. The van der Waals surface area contributed by atoms with Crippen molar-refractivity contribution in [2.45, 2.75) is 13.0 Å². The molecule has 30 heavy (non-hydrogen) atoms. The molecule has 0 aliphatic carbocycles. The molecular formula is C18H20FN7O3S. The lowest BCUT2D eigenvalue weighted by Crippen LogP contribution is -2.38. The molecule has 2 amide bonds. The number of hydrogen-bond acceptors (Lipinski definition) is 9. The summed E-state index contributed by atoms with van der Waals surface area (Å²) in [4.78, 5) is 30.4. The topological polar surface area (TPSA) is 116 Å². The number of nitrogens with one attached hydrogen (secondary N) is 1. The van der Waals surface area contributed by atoms with Crippen LogP contribution in [0.4, 0.5) is 31.5 Å². The molecule has 1 saturated heterocycles. The number of anilines is 4. The molecule has 2 aliphatic heterocycles. The van der Waals surface area contributed by atoms with Crippen molar-refractivity contribution in [3.8, 4) is 0 Å². The monoisotopic (exact) mass is 433 g/mol. The van der Waals surface area contributed by atoms with Gasteiger partial charge in [0.25, 0.3) is 0 Å². The zero-order valence-corrected chi connectivity index (χ0v) is 16.9. The van der Waals surface area contributed by atoms with E-state index in [9.17, 15) is 14.0 Å². The first-order valence-corrected chi connectivity index (χ1v) is 10.1. The Hall–Kier alpha value is -3.41. The summed E-state index contributed by atoms with van der Waals surface area (Å²) in [6, 6.07) is 4.54. The van der Waals surface area contributed by atoms with Gasteiger partial charge in [0.15, 0.2) is 10.9 Å². The van der Waals surface area contributed by atoms with Gasteiger partial charge in [0, 0.05) is 18.8 Å². The fourth-order valence-corrected chi connectivity index (χ4v) is 3.74. The first kappa shape index (κ1) is 19.9. The maximum absolute atomic E-state index is 14.8. The van der Waals surface area contributed by atoms with Crippen molar-refractivity contribution in [1.82, 2.24) is 10.3 Å². The molecule has 158 valence electrons. The second-order valence-corrected chi connectivity index (χ2v) is 7.67. The first-order chi connectivity index (χ1) is 14.4. The van der Waals surface area contributed by atoms with Crippen LogP contribution in [0.25, 0.3) is 0 Å². The van der Waals surface area contributed by atoms with Gasteiger partial charge in [-0.15, -0.1) is 11.3 Å². The second-order valence-electron chi connectivity index (χ2n) is 6.78. The number of nitrogen functional groups attached to an aromatic ring is 1. The van der Waals surface area contributed by atoms with E-state index in [1.807, 2.05) is 5.38 Å². The van der Waals surface area contributed by atoms with E-state index >= 15 is 0 Å². The average molecular weight is 433 g/mol. The van der Waals surface area contributed by atoms with Crippen molar-refractivity contribution in [1.29, 1.82) is 0 Å². The Bertz CT molecular complexity index is 998. The number of aromatic nitrogens is 1. The minimum Gasteiger partial charge on any atom is -0.442 e. The number of hydrazone groups is 1. The van der Waals surface area contributed by atoms with E-state index in [1.54, 1.807) is 22.0 Å². The quantitative estimate of drug-likeness (QED) is 0.736. The largest absolute Gasteiger partial charge is 0.442 e. The molecular weight excluding hydrogens is 413 g/mol. The summed E-state index contributed by atoms with van der Waals surface area (Å²) in [6.07, 6.45) is 0.476. The van der Waals surface area contributed by atoms with Crippen LogP contribution in [0.1, 0.15) is 6.92 Å². The van der Waals surface area contributed by atoms with Gasteiger partial charge in [-0.25, -0.2) is 19.2 Å². The summed E-state index contributed by atoms with van der Waals surface area (Å²) < 4.78 is 20.0. The van der Waals surface area contributed by atoms with Crippen LogP contribution in [0.3, 0.4) is 0 Å². The predicted molar refractivity (Wildman–Crippen MR) is 112 cm³/mol. The molecule has 1 fully saturated rings. The predicted octanol–water partition coefficient (Wildman–Crippen LogP) is 1.60. The average Bonchev–Trinajstić information content (AvgIpc) is 3.32. The number of hydrogen-bond donors (Lipinski definition) is 2.